The summed E-state index contributed by atoms with van der Waals surface area (Å²) in [7, 11) is 1.40. The average Bonchev–Trinajstić information content (AvgIpc) is 1.69. The molecule has 0 saturated carbocycles. The van der Waals surface area contributed by atoms with Crippen LogP contribution in [0.15, 0.2) is 54.7 Å². The molecule has 43 nitrogen and oxygen atoms in total. The fourth-order valence-electron chi connectivity index (χ4n) is 14.8. The summed E-state index contributed by atoms with van der Waals surface area (Å²) in [4.78, 5) is 179. The number of nitrogens with zero attached hydrogens (tertiary/aromatic N) is 2. The van der Waals surface area contributed by atoms with Crippen molar-refractivity contribution < 1.29 is 168 Å². The van der Waals surface area contributed by atoms with E-state index in [1.807, 2.05) is 45.0 Å². The fraction of sp³-hybridized carbons (Fsp3) is 0.722. The van der Waals surface area contributed by atoms with Gasteiger partial charge in [-0.25, -0.2) is 0 Å². The summed E-state index contributed by atoms with van der Waals surface area (Å²) in [5.74, 6) is -11.1. The molecule has 11 N–H and O–H groups in total. The Bertz CT molecular complexity index is 4090. The smallest absolute Gasteiger partial charge is 0.307 e. The van der Waals surface area contributed by atoms with Crippen LogP contribution in [0.2, 0.25) is 0 Å². The van der Waals surface area contributed by atoms with Gasteiger partial charge in [-0.2, -0.15) is 0 Å². The van der Waals surface area contributed by atoms with Gasteiger partial charge in [0, 0.05) is 119 Å². The molecule has 2 saturated heterocycles. The number of H-pyrrole nitrogens is 1. The number of aromatic nitrogens is 1. The number of phenols is 1. The molecule has 3 aromatic rings. The second kappa shape index (κ2) is 74.2. The zero-order chi connectivity index (χ0) is 103. The minimum Gasteiger partial charge on any atom is -0.508 e. The number of Topliss-reactive ketones (excluding diaryl/α,β-unsaturated/α-hetero) is 3. The first-order valence-electron chi connectivity index (χ1n) is 48.7. The number of aliphatic carboxylic acids is 1. The number of carbonyl (C=O) groups is 13. The number of imide groups is 1. The number of likely N-dealkylation sites (tertiary alicyclic amines) is 2. The summed E-state index contributed by atoms with van der Waals surface area (Å²) < 4.78 is 93.4. The SMILES string of the molecule is CCC(CO)OC(COC(=O)CCCC(=O)NCCN1C(=O)CC(SCCOCCOCCOCCOCCOCCOCCOCCOCCOCCOCCOCCOCCC(=O)NCCOCCOCC(=O)C[C@@H](CC(C)C)C(=O)N[C@H](C(=O)C[C@H](C(=O)N[C@@H](CO)C(=O)N2CCC[C@H]2C(=O)N[C@@H](Cc2c[nH]c3ccccc23)C(=O)C[C@@H](Cc2ccc(O)cc2)C(=O)O)C(C)C)[C@@H](C)O)C1=O)OC. The molecule has 1 aromatic heterocycles. The van der Waals surface area contributed by atoms with Crippen molar-refractivity contribution in [3.05, 3.63) is 65.9 Å². The Morgan fingerprint density at radius 3 is 1.64 bits per heavy atom. The highest BCUT2D eigenvalue weighted by Gasteiger charge is 2.43. The van der Waals surface area contributed by atoms with Crippen molar-refractivity contribution in [2.45, 2.75) is 179 Å². The minimum atomic E-state index is -1.59. The number of aliphatic hydroxyl groups excluding tert-OH is 3. The molecule has 5 rings (SSSR count). The highest BCUT2D eigenvalue weighted by atomic mass is 32.2. The predicted octanol–water partition coefficient (Wildman–Crippen LogP) is 2.18. The summed E-state index contributed by atoms with van der Waals surface area (Å²) in [5, 5.41) is 64.5. The second-order valence-electron chi connectivity index (χ2n) is 34.4. The number of aromatic amines is 1. The van der Waals surface area contributed by atoms with Crippen LogP contribution < -0.4 is 26.6 Å². The van der Waals surface area contributed by atoms with Crippen LogP contribution in [0.1, 0.15) is 130 Å². The number of esters is 1. The number of aromatic hydroxyl groups is 1. The number of para-hydroxylation sites is 1. The molecule has 3 heterocycles. The second-order valence-corrected chi connectivity index (χ2v) is 35.7. The number of carboxylic acid groups (broad SMARTS) is 1. The van der Waals surface area contributed by atoms with Gasteiger partial charge in [0.15, 0.2) is 23.6 Å². The largest absolute Gasteiger partial charge is 0.508 e. The van der Waals surface area contributed by atoms with Crippen LogP contribution >= 0.6 is 11.8 Å². The molecular formula is C97H154N8O35S. The van der Waals surface area contributed by atoms with Gasteiger partial charge in [-0.3, -0.25) is 67.2 Å². The van der Waals surface area contributed by atoms with E-state index in [-0.39, 0.29) is 179 Å². The maximum absolute atomic E-state index is 14.4. The van der Waals surface area contributed by atoms with Crippen LogP contribution in [-0.4, -0.2) is 409 Å². The molecule has 0 aliphatic carbocycles. The van der Waals surface area contributed by atoms with E-state index in [1.165, 1.54) is 42.8 Å². The number of nitrogens with one attached hydrogen (secondary N) is 6. The van der Waals surface area contributed by atoms with E-state index in [9.17, 15) is 87.9 Å². The average molecular weight is 2020 g/mol. The zero-order valence-corrected chi connectivity index (χ0v) is 83.7. The molecule has 11 atom stereocenters. The van der Waals surface area contributed by atoms with Crippen molar-refractivity contribution in [2.75, 3.05) is 244 Å². The van der Waals surface area contributed by atoms with Crippen LogP contribution in [0.25, 0.3) is 10.9 Å². The maximum atomic E-state index is 14.4. The van der Waals surface area contributed by atoms with Crippen LogP contribution in [0.3, 0.4) is 0 Å². The number of carboxylic acids is 1. The lowest BCUT2D eigenvalue weighted by molar-refractivity contribution is -0.194. The molecule has 8 amide bonds. The highest BCUT2D eigenvalue weighted by molar-refractivity contribution is 8.00. The standard InChI is InChI=1S/C97H154N8O35S/c1-8-76(63-106)140-90(124-7)66-139-89(116)17-11-16-86(113)98-23-26-105-88(115)61-85(96(105)121)141-54-53-137-50-49-136-48-47-135-46-45-134-44-43-133-42-41-132-40-39-131-38-37-130-36-35-129-34-33-128-32-31-127-30-29-125-27-22-87(114)99-24-28-126-51-52-138-65-75(110)57-71(55-67(2)3)92(117)103-91(69(6)108)84(112)60-78(68(4)5)93(118)102-81(64-107)95(120)104-25-12-15-82(104)94(119)101-80(58-73-62-100-79-14-10-9-13-77(73)79)83(111)59-72(97(122)123)56-70-18-20-74(109)21-19-70/h9-10,13-14,18-21,62,67-69,71-72,76,78,80-82,85,90-91,100,106-109H,8,11-12,15-17,22-61,63-66H2,1-7H3,(H,98,113)(H,99,114)(H,101,119)(H,102,118)(H,103,117)(H,122,123)/t69-,71-,72-,76?,78+,80+,81+,82+,85?,90?,91+/m1/s1. The van der Waals surface area contributed by atoms with Gasteiger partial charge >= 0.3 is 11.9 Å². The fourth-order valence-corrected chi connectivity index (χ4v) is 15.9. The van der Waals surface area contributed by atoms with E-state index in [2.05, 4.69) is 31.6 Å². The van der Waals surface area contributed by atoms with E-state index in [0.717, 1.165) is 15.8 Å². The number of rotatable bonds is 87. The number of benzene rings is 2. The van der Waals surface area contributed by atoms with Gasteiger partial charge < -0.3 is 143 Å². The summed E-state index contributed by atoms with van der Waals surface area (Å²) in [5.41, 5.74) is 1.99. The Labute approximate surface area is 829 Å². The van der Waals surface area contributed by atoms with Gasteiger partial charge in [-0.15, -0.1) is 11.8 Å². The van der Waals surface area contributed by atoms with Gasteiger partial charge in [0.2, 0.25) is 47.3 Å². The summed E-state index contributed by atoms with van der Waals surface area (Å²) in [6, 6.07) is 7.72. The van der Waals surface area contributed by atoms with E-state index in [0.29, 0.717) is 175 Å². The lowest BCUT2D eigenvalue weighted by Crippen LogP contribution is -2.57. The van der Waals surface area contributed by atoms with Crippen molar-refractivity contribution in [3.63, 3.8) is 0 Å². The quantitative estimate of drug-likeness (QED) is 0.0167. The molecule has 798 valence electrons. The van der Waals surface area contributed by atoms with E-state index in [4.69, 9.17) is 80.5 Å². The van der Waals surface area contributed by atoms with E-state index in [1.54, 1.807) is 32.2 Å². The molecule has 3 unspecified atom stereocenters. The number of amides is 8. The predicted molar refractivity (Wildman–Crippen MR) is 512 cm³/mol. The van der Waals surface area contributed by atoms with Gasteiger partial charge in [-0.1, -0.05) is 65.0 Å². The Morgan fingerprint density at radius 1 is 0.567 bits per heavy atom. The number of hydrogen-bond donors (Lipinski definition) is 11. The first-order chi connectivity index (χ1) is 68.1. The Morgan fingerprint density at radius 2 is 1.11 bits per heavy atom. The monoisotopic (exact) mass is 2020 g/mol. The van der Waals surface area contributed by atoms with Crippen molar-refractivity contribution in [2.24, 2.45) is 29.6 Å². The third-order valence-corrected chi connectivity index (χ3v) is 23.7. The zero-order valence-electron chi connectivity index (χ0n) is 82.8. The third-order valence-electron chi connectivity index (χ3n) is 22.6. The normalized spacial score (nSPS) is 15.8. The number of aliphatic hydroxyl groups is 3. The van der Waals surface area contributed by atoms with E-state index >= 15 is 0 Å². The minimum absolute atomic E-state index is 0.000869. The lowest BCUT2D eigenvalue weighted by atomic mass is 9.86. The highest BCUT2D eigenvalue weighted by Crippen LogP contribution is 2.28. The van der Waals surface area contributed by atoms with Gasteiger partial charge in [0.05, 0.1) is 221 Å². The van der Waals surface area contributed by atoms with Gasteiger partial charge in [0.1, 0.15) is 37.1 Å². The summed E-state index contributed by atoms with van der Waals surface area (Å²) in [6.07, 6.45) is -0.536. The first kappa shape index (κ1) is 123. The number of fused-ring (bicyclic) bond motifs is 1. The van der Waals surface area contributed by atoms with Crippen LogP contribution in [0.5, 0.6) is 5.75 Å². The topological polar surface area (TPSA) is 562 Å². The van der Waals surface area contributed by atoms with Crippen molar-refractivity contribution in [1.29, 1.82) is 0 Å². The number of methoxy groups -OCH3 is 1. The molecular weight excluding hydrogens is 1870 g/mol. The number of phenolic OH excluding ortho intramolecular Hbond substituents is 1. The first-order valence-corrected chi connectivity index (χ1v) is 49.8. The van der Waals surface area contributed by atoms with Crippen LogP contribution in [-0.2, 0) is 156 Å². The molecule has 2 aromatic carbocycles. The number of hydrogen-bond acceptors (Lipinski definition) is 35. The summed E-state index contributed by atoms with van der Waals surface area (Å²) in [6.45, 7) is 18.3. The Kier molecular flexibility index (Phi) is 64.6. The third kappa shape index (κ3) is 52.1. The molecule has 2 aliphatic heterocycles. The van der Waals surface area contributed by atoms with Gasteiger partial charge in [-0.05, 0) is 86.6 Å². The van der Waals surface area contributed by atoms with Gasteiger partial charge in [0.25, 0.3) is 0 Å². The van der Waals surface area contributed by atoms with Crippen LogP contribution in [0, 0.1) is 29.6 Å². The summed E-state index contributed by atoms with van der Waals surface area (Å²) >= 11 is 1.35. The van der Waals surface area contributed by atoms with Crippen LogP contribution in [0.4, 0.5) is 0 Å². The van der Waals surface area contributed by atoms with Crippen molar-refractivity contribution >= 4 is 99.2 Å². The number of thioether (sulfide) groups is 1. The molecule has 141 heavy (non-hydrogen) atoms. The Balaban J connectivity index is 0.772. The van der Waals surface area contributed by atoms with Crippen molar-refractivity contribution in [1.82, 2.24) is 41.4 Å². The Hall–Kier alpha value is -8.72. The molecule has 2 aliphatic rings. The molecule has 0 radical (unpaired) electrons. The van der Waals surface area contributed by atoms with Crippen molar-refractivity contribution in [3.8, 4) is 5.75 Å². The molecule has 0 bridgehead atoms. The number of carbonyl (C=O) groups excluding carboxylic acids is 12. The number of ketones is 3. The molecule has 0 spiro atoms. The maximum Gasteiger partial charge on any atom is 0.307 e. The number of ether oxygens (including phenoxy) is 17. The van der Waals surface area contributed by atoms with E-state index < -0.39 is 144 Å². The molecule has 2 fully saturated rings. The lowest BCUT2D eigenvalue weighted by Gasteiger charge is -2.31. The molecule has 44 heteroatoms.